The van der Waals surface area contributed by atoms with Crippen molar-refractivity contribution in [2.24, 2.45) is 11.3 Å². The maximum atomic E-state index is 12.3. The van der Waals surface area contributed by atoms with Crippen LogP contribution in [0.4, 0.5) is 5.13 Å². The first kappa shape index (κ1) is 22.5. The highest BCUT2D eigenvalue weighted by Gasteiger charge is 2.48. The van der Waals surface area contributed by atoms with E-state index in [-0.39, 0.29) is 12.3 Å². The van der Waals surface area contributed by atoms with E-state index in [1.165, 1.54) is 80.4 Å². The van der Waals surface area contributed by atoms with Crippen LogP contribution in [0.2, 0.25) is 0 Å². The first-order valence-corrected chi connectivity index (χ1v) is 14.0. The number of carbonyl (C=O) groups excluding carboxylic acids is 1. The maximum Gasteiger partial charge on any atom is 0.227 e. The number of nitrogens with one attached hydrogen (secondary N) is 1. The Labute approximate surface area is 206 Å². The normalized spacial score (nSPS) is 26.1. The highest BCUT2D eigenvalue weighted by Crippen LogP contribution is 2.50. The number of rotatable bonds is 7. The zero-order valence-corrected chi connectivity index (χ0v) is 21.2. The highest BCUT2D eigenvalue weighted by molar-refractivity contribution is 7.15. The predicted molar refractivity (Wildman–Crippen MR) is 133 cm³/mol. The molecule has 1 saturated heterocycles. The summed E-state index contributed by atoms with van der Waals surface area (Å²) in [6.45, 7) is 7.73. The molecule has 4 aliphatic rings. The molecule has 4 heterocycles. The molecule has 3 fully saturated rings. The van der Waals surface area contributed by atoms with Crippen LogP contribution in [-0.4, -0.2) is 53.2 Å². The van der Waals surface area contributed by atoms with Crippen molar-refractivity contribution in [3.63, 3.8) is 0 Å². The summed E-state index contributed by atoms with van der Waals surface area (Å²) < 4.78 is 5.17. The lowest BCUT2D eigenvalue weighted by Gasteiger charge is -2.55. The van der Waals surface area contributed by atoms with E-state index >= 15 is 0 Å². The Balaban J connectivity index is 0.911. The molecule has 0 bridgehead atoms. The number of anilines is 1. The van der Waals surface area contributed by atoms with Crippen LogP contribution >= 0.6 is 11.3 Å². The lowest BCUT2D eigenvalue weighted by molar-refractivity contribution is -0.121. The molecule has 2 aromatic rings. The second kappa shape index (κ2) is 9.26. The van der Waals surface area contributed by atoms with E-state index in [1.807, 2.05) is 24.3 Å². The van der Waals surface area contributed by atoms with Crippen LogP contribution in [0.3, 0.4) is 0 Å². The number of fused-ring (bicyclic) bond motifs is 1. The van der Waals surface area contributed by atoms with Gasteiger partial charge in [-0.2, -0.15) is 0 Å². The number of carbonyl (C=O) groups is 1. The molecule has 7 nitrogen and oxygen atoms in total. The number of nitrogens with zero attached hydrogens (tertiary/aromatic N) is 4. The van der Waals surface area contributed by atoms with Crippen LogP contribution in [0.15, 0.2) is 10.6 Å². The average molecular weight is 484 g/mol. The molecule has 6 rings (SSSR count). The largest absolute Gasteiger partial charge is 0.361 e. The molecule has 2 aliphatic heterocycles. The smallest absolute Gasteiger partial charge is 0.227 e. The molecule has 34 heavy (non-hydrogen) atoms. The Hall–Kier alpha value is -1.93. The van der Waals surface area contributed by atoms with Crippen molar-refractivity contribution in [2.75, 3.05) is 31.1 Å². The van der Waals surface area contributed by atoms with Gasteiger partial charge in [0.15, 0.2) is 5.13 Å². The SMILES string of the molecule is Cc1cc(CC(=O)NC2CCC(CCN3CCc4sc(N5CC6(CCC6)C5)nc4C3)CC2)on1. The van der Waals surface area contributed by atoms with Crippen LogP contribution in [0.25, 0.3) is 0 Å². The van der Waals surface area contributed by atoms with Gasteiger partial charge < -0.3 is 14.7 Å². The van der Waals surface area contributed by atoms with Gasteiger partial charge in [0.2, 0.25) is 5.91 Å². The van der Waals surface area contributed by atoms with Crippen molar-refractivity contribution in [2.45, 2.75) is 83.7 Å². The fourth-order valence-corrected chi connectivity index (χ4v) is 7.41. The van der Waals surface area contributed by atoms with E-state index in [0.29, 0.717) is 17.2 Å². The Morgan fingerprint density at radius 1 is 1.26 bits per heavy atom. The van der Waals surface area contributed by atoms with Gasteiger partial charge in [-0.15, -0.1) is 11.3 Å². The zero-order chi connectivity index (χ0) is 23.1. The molecular formula is C26H37N5O2S. The molecule has 0 unspecified atom stereocenters. The van der Waals surface area contributed by atoms with Crippen LogP contribution in [0.5, 0.6) is 0 Å². The summed E-state index contributed by atoms with van der Waals surface area (Å²) in [6.07, 6.45) is 11.6. The van der Waals surface area contributed by atoms with Gasteiger partial charge >= 0.3 is 0 Å². The van der Waals surface area contributed by atoms with Gasteiger partial charge in [0.25, 0.3) is 0 Å². The topological polar surface area (TPSA) is 74.5 Å². The van der Waals surface area contributed by atoms with Gasteiger partial charge in [-0.3, -0.25) is 9.69 Å². The van der Waals surface area contributed by atoms with Crippen molar-refractivity contribution >= 4 is 22.4 Å². The van der Waals surface area contributed by atoms with E-state index in [0.717, 1.165) is 37.4 Å². The minimum atomic E-state index is 0.0486. The van der Waals surface area contributed by atoms with Crippen LogP contribution < -0.4 is 10.2 Å². The molecule has 184 valence electrons. The molecule has 1 spiro atoms. The first-order valence-electron chi connectivity index (χ1n) is 13.2. The second-order valence-electron chi connectivity index (χ2n) is 11.3. The third kappa shape index (κ3) is 4.76. The molecule has 1 amide bonds. The molecule has 0 aromatic carbocycles. The third-order valence-corrected chi connectivity index (χ3v) is 9.83. The summed E-state index contributed by atoms with van der Waals surface area (Å²) in [4.78, 5) is 24.0. The second-order valence-corrected chi connectivity index (χ2v) is 12.3. The number of amides is 1. The monoisotopic (exact) mass is 483 g/mol. The average Bonchev–Trinajstić information content (AvgIpc) is 3.36. The minimum absolute atomic E-state index is 0.0486. The van der Waals surface area contributed by atoms with Crippen LogP contribution in [-0.2, 0) is 24.2 Å². The van der Waals surface area contributed by atoms with Gasteiger partial charge in [-0.1, -0.05) is 11.6 Å². The van der Waals surface area contributed by atoms with Crippen LogP contribution in [0.1, 0.15) is 73.4 Å². The van der Waals surface area contributed by atoms with E-state index < -0.39 is 0 Å². The van der Waals surface area contributed by atoms with Crippen molar-refractivity contribution in [3.05, 3.63) is 28.1 Å². The van der Waals surface area contributed by atoms with Crippen molar-refractivity contribution in [3.8, 4) is 0 Å². The third-order valence-electron chi connectivity index (χ3n) is 8.61. The van der Waals surface area contributed by atoms with Gasteiger partial charge in [-0.05, 0) is 70.8 Å². The Kier molecular flexibility index (Phi) is 6.14. The van der Waals surface area contributed by atoms with E-state index in [1.54, 1.807) is 0 Å². The number of hydrogen-bond donors (Lipinski definition) is 1. The van der Waals surface area contributed by atoms with E-state index in [2.05, 4.69) is 20.3 Å². The Morgan fingerprint density at radius 3 is 2.79 bits per heavy atom. The van der Waals surface area contributed by atoms with Crippen LogP contribution in [0, 0.1) is 18.3 Å². The maximum absolute atomic E-state index is 12.3. The van der Waals surface area contributed by atoms with Gasteiger partial charge in [-0.25, -0.2) is 4.98 Å². The Bertz CT molecular complexity index is 1010. The number of aryl methyl sites for hydroxylation is 1. The molecular weight excluding hydrogens is 446 g/mol. The lowest BCUT2D eigenvalue weighted by atomic mass is 9.64. The summed E-state index contributed by atoms with van der Waals surface area (Å²) in [7, 11) is 0. The quantitative estimate of drug-likeness (QED) is 0.639. The van der Waals surface area contributed by atoms with E-state index in [4.69, 9.17) is 9.51 Å². The summed E-state index contributed by atoms with van der Waals surface area (Å²) >= 11 is 1.95. The fraction of sp³-hybridized carbons (Fsp3) is 0.731. The predicted octanol–water partition coefficient (Wildman–Crippen LogP) is 4.10. The van der Waals surface area contributed by atoms with E-state index in [9.17, 15) is 4.79 Å². The van der Waals surface area contributed by atoms with Crippen molar-refractivity contribution < 1.29 is 9.32 Å². The lowest BCUT2D eigenvalue weighted by Crippen LogP contribution is -2.59. The summed E-state index contributed by atoms with van der Waals surface area (Å²) in [5, 5.41) is 8.34. The molecule has 2 aromatic heterocycles. The minimum Gasteiger partial charge on any atom is -0.361 e. The fourth-order valence-electron chi connectivity index (χ4n) is 6.35. The number of aromatic nitrogens is 2. The zero-order valence-electron chi connectivity index (χ0n) is 20.4. The van der Waals surface area contributed by atoms with Gasteiger partial charge in [0.05, 0.1) is 17.8 Å². The summed E-state index contributed by atoms with van der Waals surface area (Å²) in [6, 6.07) is 2.14. The first-order chi connectivity index (χ1) is 16.5. The van der Waals surface area contributed by atoms with Crippen molar-refractivity contribution in [1.82, 2.24) is 20.4 Å². The molecule has 2 aliphatic carbocycles. The summed E-state index contributed by atoms with van der Waals surface area (Å²) in [5.74, 6) is 1.47. The molecule has 0 atom stereocenters. The molecule has 1 N–H and O–H groups in total. The standard InChI is InChI=1S/C26H37N5O2S/c1-18-13-21(33-29-18)14-24(32)27-20-5-3-19(4-6-20)7-11-30-12-8-23-22(15-30)28-25(34-23)31-16-26(17-31)9-2-10-26/h13,19-20H,2-12,14-17H2,1H3,(H,27,32). The molecule has 8 heteroatoms. The van der Waals surface area contributed by atoms with Crippen molar-refractivity contribution in [1.29, 1.82) is 0 Å². The highest BCUT2D eigenvalue weighted by atomic mass is 32.1. The van der Waals surface area contributed by atoms with Gasteiger partial charge in [0.1, 0.15) is 5.76 Å². The number of thiazole rings is 1. The number of hydrogen-bond acceptors (Lipinski definition) is 7. The van der Waals surface area contributed by atoms with Gasteiger partial charge in [0, 0.05) is 48.6 Å². The summed E-state index contributed by atoms with van der Waals surface area (Å²) in [5.41, 5.74) is 2.83. The molecule has 0 radical (unpaired) electrons. The Morgan fingerprint density at radius 2 is 2.09 bits per heavy atom. The molecule has 2 saturated carbocycles.